The highest BCUT2D eigenvalue weighted by Gasteiger charge is 2.40. The van der Waals surface area contributed by atoms with E-state index in [1.165, 1.54) is 0 Å². The van der Waals surface area contributed by atoms with Crippen molar-refractivity contribution in [3.8, 4) is 11.1 Å². The van der Waals surface area contributed by atoms with Gasteiger partial charge in [-0.25, -0.2) is 14.4 Å². The van der Waals surface area contributed by atoms with Gasteiger partial charge in [-0.3, -0.25) is 9.59 Å². The Morgan fingerprint density at radius 3 is 1.91 bits per heavy atom. The lowest BCUT2D eigenvalue weighted by Gasteiger charge is -2.25. The summed E-state index contributed by atoms with van der Waals surface area (Å²) in [6, 6.07) is 33.2. The van der Waals surface area contributed by atoms with Gasteiger partial charge in [-0.15, -0.1) is 9.75 Å². The number of fused-ring (bicyclic) bond motifs is 1. The van der Waals surface area contributed by atoms with Crippen LogP contribution in [0.5, 0.6) is 0 Å². The van der Waals surface area contributed by atoms with E-state index in [2.05, 4.69) is 16.2 Å². The van der Waals surface area contributed by atoms with Crippen molar-refractivity contribution in [2.75, 3.05) is 6.54 Å². The summed E-state index contributed by atoms with van der Waals surface area (Å²) in [4.78, 5) is 58.5. The lowest BCUT2D eigenvalue weighted by atomic mass is 10.0. The zero-order valence-corrected chi connectivity index (χ0v) is 33.5. The predicted molar refractivity (Wildman–Crippen MR) is 201 cm³/mol. The summed E-state index contributed by atoms with van der Waals surface area (Å²) in [5, 5.41) is 3.47. The van der Waals surface area contributed by atoms with Gasteiger partial charge < -0.3 is 38.8 Å². The summed E-state index contributed by atoms with van der Waals surface area (Å²) in [7, 11) is 1.97. The van der Waals surface area contributed by atoms with E-state index >= 15 is 0 Å². The SMILES string of the molecule is C[n+]1cc(-c2ccc(CCC(ON3C(=O)c4ccccc4C3=O)C(=O)OC(c3ccccc3)c3ccccc3)cc2)cn1CCCNC(=O)OC(C)(C)C.[I-]. The van der Waals surface area contributed by atoms with Gasteiger partial charge in [0.15, 0.2) is 19.3 Å². The number of hydroxylamine groups is 2. The molecule has 11 nitrogen and oxygen atoms in total. The van der Waals surface area contributed by atoms with Gasteiger partial charge in [-0.1, -0.05) is 97.1 Å². The molecular weight excluding hydrogens is 811 g/mol. The van der Waals surface area contributed by atoms with Crippen molar-refractivity contribution < 1.29 is 62.1 Å². The fourth-order valence-corrected chi connectivity index (χ4v) is 6.22. The van der Waals surface area contributed by atoms with Gasteiger partial charge in [0.25, 0.3) is 11.8 Å². The van der Waals surface area contributed by atoms with Crippen molar-refractivity contribution in [3.63, 3.8) is 0 Å². The van der Waals surface area contributed by atoms with Crippen LogP contribution in [0.15, 0.2) is 122 Å². The third-order valence-corrected chi connectivity index (χ3v) is 8.92. The van der Waals surface area contributed by atoms with Gasteiger partial charge in [0.1, 0.15) is 5.60 Å². The fraction of sp³-hybridized carbons (Fsp3) is 0.279. The Bertz CT molecular complexity index is 2020. The maximum atomic E-state index is 14.0. The number of alkyl carbamates (subject to hydrolysis) is 1. The molecule has 0 aliphatic carbocycles. The van der Waals surface area contributed by atoms with Crippen LogP contribution >= 0.6 is 0 Å². The summed E-state index contributed by atoms with van der Waals surface area (Å²) >= 11 is 0. The number of benzene rings is 4. The largest absolute Gasteiger partial charge is 1.00 e. The summed E-state index contributed by atoms with van der Waals surface area (Å²) < 4.78 is 15.5. The van der Waals surface area contributed by atoms with E-state index in [-0.39, 0.29) is 41.5 Å². The number of aryl methyl sites for hydroxylation is 3. The number of aromatic nitrogens is 2. The van der Waals surface area contributed by atoms with Crippen LogP contribution in [0.2, 0.25) is 0 Å². The lowest BCUT2D eigenvalue weighted by Crippen LogP contribution is -3.00. The maximum Gasteiger partial charge on any atom is 0.407 e. The summed E-state index contributed by atoms with van der Waals surface area (Å²) in [5.41, 5.74) is 4.40. The maximum absolute atomic E-state index is 14.0. The Balaban J connectivity index is 0.00000580. The van der Waals surface area contributed by atoms with Gasteiger partial charge in [-0.05, 0) is 74.4 Å². The topological polar surface area (TPSA) is 120 Å². The Hall–Kier alpha value is -5.34. The molecule has 0 fully saturated rings. The van der Waals surface area contributed by atoms with Crippen molar-refractivity contribution in [2.45, 2.75) is 64.4 Å². The molecule has 1 aliphatic rings. The van der Waals surface area contributed by atoms with Crippen LogP contribution in [0.25, 0.3) is 11.1 Å². The first kappa shape index (κ1) is 40.8. The molecule has 2 heterocycles. The molecule has 1 atom stereocenters. The molecule has 1 aliphatic heterocycles. The third-order valence-electron chi connectivity index (χ3n) is 8.92. The molecule has 6 rings (SSSR count). The molecule has 55 heavy (non-hydrogen) atoms. The van der Waals surface area contributed by atoms with E-state index in [1.54, 1.807) is 24.3 Å². The number of carbonyl (C=O) groups is 4. The highest BCUT2D eigenvalue weighted by molar-refractivity contribution is 6.20. The van der Waals surface area contributed by atoms with Crippen LogP contribution in [0.3, 0.4) is 0 Å². The fourth-order valence-electron chi connectivity index (χ4n) is 6.22. The van der Waals surface area contributed by atoms with Gasteiger partial charge in [0.2, 0.25) is 6.20 Å². The molecule has 1 N–H and O–H groups in total. The first-order valence-electron chi connectivity index (χ1n) is 18.0. The first-order valence-corrected chi connectivity index (χ1v) is 18.0. The number of nitrogens with zero attached hydrogens (tertiary/aromatic N) is 3. The zero-order chi connectivity index (χ0) is 38.2. The number of hydrogen-bond acceptors (Lipinski definition) is 7. The molecule has 0 radical (unpaired) electrons. The van der Waals surface area contributed by atoms with Crippen LogP contribution in [0.1, 0.15) is 77.1 Å². The monoisotopic (exact) mass is 856 g/mol. The van der Waals surface area contributed by atoms with Crippen molar-refractivity contribution in [1.82, 2.24) is 15.1 Å². The summed E-state index contributed by atoms with van der Waals surface area (Å²) in [6.45, 7) is 6.68. The number of amides is 3. The number of halogens is 1. The molecule has 0 saturated heterocycles. The first-order chi connectivity index (χ1) is 26.0. The summed E-state index contributed by atoms with van der Waals surface area (Å²) in [5.74, 6) is -1.95. The minimum Gasteiger partial charge on any atom is -1.00 e. The van der Waals surface area contributed by atoms with E-state index in [0.29, 0.717) is 24.6 Å². The minimum atomic E-state index is -1.26. The second kappa shape index (κ2) is 18.3. The van der Waals surface area contributed by atoms with E-state index in [0.717, 1.165) is 34.2 Å². The van der Waals surface area contributed by atoms with Crippen LogP contribution in [0.4, 0.5) is 4.79 Å². The molecule has 0 bridgehead atoms. The van der Waals surface area contributed by atoms with Crippen LogP contribution in [-0.4, -0.2) is 51.9 Å². The molecule has 4 aromatic carbocycles. The van der Waals surface area contributed by atoms with Gasteiger partial charge >= 0.3 is 12.1 Å². The molecule has 0 spiro atoms. The number of esters is 1. The molecule has 1 aromatic heterocycles. The van der Waals surface area contributed by atoms with E-state index in [4.69, 9.17) is 14.3 Å². The lowest BCUT2D eigenvalue weighted by molar-refractivity contribution is -0.753. The standard InChI is InChI=1S/C43H44N4O7.HI/c1-43(2,3)53-42(51)44-26-13-27-46-29-34(28-45(46)4)31-23-20-30(21-24-31)22-25-37(54-47-39(48)35-18-11-12-19-36(35)40(47)49)41(50)52-38(32-14-7-5-8-15-32)33-16-9-6-10-17-33;/h5-12,14-21,23-24,28-29,37-38H,13,22,25-27H2,1-4H3;1H. The highest BCUT2D eigenvalue weighted by atomic mass is 127. The average Bonchev–Trinajstić information content (AvgIpc) is 3.65. The Kier molecular flexibility index (Phi) is 13.6. The second-order valence-electron chi connectivity index (χ2n) is 14.2. The third kappa shape index (κ3) is 10.5. The molecule has 1 unspecified atom stereocenters. The van der Waals surface area contributed by atoms with Crippen LogP contribution in [0, 0.1) is 0 Å². The Labute approximate surface area is 338 Å². The number of ether oxygens (including phenoxy) is 2. The number of carbonyl (C=O) groups excluding carboxylic acids is 4. The molecule has 5 aromatic rings. The Morgan fingerprint density at radius 1 is 0.782 bits per heavy atom. The van der Waals surface area contributed by atoms with Gasteiger partial charge in [0, 0.05) is 6.54 Å². The number of nitrogens with one attached hydrogen (secondary N) is 1. The molecule has 0 saturated carbocycles. The second-order valence-corrected chi connectivity index (χ2v) is 14.2. The van der Waals surface area contributed by atoms with E-state index < -0.39 is 41.7 Å². The van der Waals surface area contributed by atoms with E-state index in [1.807, 2.05) is 124 Å². The van der Waals surface area contributed by atoms with E-state index in [9.17, 15) is 19.2 Å². The average molecular weight is 857 g/mol. The molecule has 12 heteroatoms. The molecule has 286 valence electrons. The minimum absolute atomic E-state index is 0. The summed E-state index contributed by atoms with van der Waals surface area (Å²) in [6.07, 6.45) is 2.94. The number of rotatable bonds is 14. The number of imide groups is 1. The van der Waals surface area contributed by atoms with Gasteiger partial charge in [-0.2, -0.15) is 4.68 Å². The van der Waals surface area contributed by atoms with Crippen molar-refractivity contribution in [3.05, 3.63) is 149 Å². The van der Waals surface area contributed by atoms with Crippen molar-refractivity contribution >= 4 is 23.9 Å². The van der Waals surface area contributed by atoms with Crippen LogP contribution in [-0.2, 0) is 39.1 Å². The smallest absolute Gasteiger partial charge is 0.407 e. The van der Waals surface area contributed by atoms with Crippen molar-refractivity contribution in [2.24, 2.45) is 7.05 Å². The van der Waals surface area contributed by atoms with Crippen molar-refractivity contribution in [1.29, 1.82) is 0 Å². The highest BCUT2D eigenvalue weighted by Crippen LogP contribution is 2.29. The number of hydrogen-bond donors (Lipinski definition) is 1. The normalized spacial score (nSPS) is 12.9. The van der Waals surface area contributed by atoms with Crippen LogP contribution < -0.4 is 34.0 Å². The molecule has 3 amide bonds. The van der Waals surface area contributed by atoms with Gasteiger partial charge in [0.05, 0.1) is 29.4 Å². The quantitative estimate of drug-likeness (QED) is 0.0595. The predicted octanol–water partition coefficient (Wildman–Crippen LogP) is 3.76. The zero-order valence-electron chi connectivity index (χ0n) is 31.3. The Morgan fingerprint density at radius 2 is 1.35 bits per heavy atom. The molecular formula is C43H45IN4O7.